The number of fused-ring (bicyclic) bond motifs is 1. The number of hydrogen-bond acceptors (Lipinski definition) is 3. The number of benzene rings is 3. The van der Waals surface area contributed by atoms with Gasteiger partial charge in [0.2, 0.25) is 0 Å². The van der Waals surface area contributed by atoms with Crippen molar-refractivity contribution < 1.29 is 9.21 Å². The summed E-state index contributed by atoms with van der Waals surface area (Å²) in [6, 6.07) is 25.5. The average molecular weight is 359 g/mol. The smallest absolute Gasteiger partial charge is 0.291 e. The van der Waals surface area contributed by atoms with Gasteiger partial charge >= 0.3 is 0 Å². The van der Waals surface area contributed by atoms with Crippen LogP contribution in [0.2, 0.25) is 0 Å². The van der Waals surface area contributed by atoms with Gasteiger partial charge in [-0.15, -0.1) is 0 Å². The number of furan rings is 1. The van der Waals surface area contributed by atoms with Crippen LogP contribution in [-0.4, -0.2) is 5.91 Å². The molecule has 4 aromatic rings. The Morgan fingerprint density at radius 1 is 0.923 bits per heavy atom. The van der Waals surface area contributed by atoms with Crippen molar-refractivity contribution in [2.45, 2.75) is 16.7 Å². The Morgan fingerprint density at radius 2 is 1.69 bits per heavy atom. The molecule has 3 nitrogen and oxygen atoms in total. The Hall–Kier alpha value is -2.98. The fourth-order valence-corrected chi connectivity index (χ4v) is 3.63. The molecule has 26 heavy (non-hydrogen) atoms. The molecule has 4 rings (SSSR count). The van der Waals surface area contributed by atoms with Crippen molar-refractivity contribution in [2.24, 2.45) is 0 Å². The Bertz CT molecular complexity index is 1070. The van der Waals surface area contributed by atoms with Gasteiger partial charge in [-0.25, -0.2) is 0 Å². The third kappa shape index (κ3) is 3.51. The van der Waals surface area contributed by atoms with Crippen LogP contribution in [0.25, 0.3) is 11.0 Å². The molecule has 0 atom stereocenters. The number of amides is 1. The summed E-state index contributed by atoms with van der Waals surface area (Å²) in [5.41, 5.74) is 2.59. The van der Waals surface area contributed by atoms with E-state index in [4.69, 9.17) is 4.42 Å². The summed E-state index contributed by atoms with van der Waals surface area (Å²) < 4.78 is 5.72. The lowest BCUT2D eigenvalue weighted by Crippen LogP contribution is -2.11. The molecule has 3 aromatic carbocycles. The SMILES string of the molecule is Cc1ccc2cc(C(=O)Nc3ccccc3Sc3ccccc3)oc2c1. The molecular formula is C22H17NO2S. The van der Waals surface area contributed by atoms with Crippen molar-refractivity contribution in [3.8, 4) is 0 Å². The molecule has 128 valence electrons. The molecule has 0 bridgehead atoms. The van der Waals surface area contributed by atoms with Gasteiger partial charge in [0.15, 0.2) is 5.76 Å². The maximum absolute atomic E-state index is 12.7. The predicted molar refractivity (Wildman–Crippen MR) is 106 cm³/mol. The fraction of sp³-hybridized carbons (Fsp3) is 0.0455. The molecule has 0 aliphatic rings. The van der Waals surface area contributed by atoms with Gasteiger partial charge in [-0.05, 0) is 48.9 Å². The minimum atomic E-state index is -0.250. The number of nitrogens with one attached hydrogen (secondary N) is 1. The van der Waals surface area contributed by atoms with Gasteiger partial charge in [0, 0.05) is 15.2 Å². The molecule has 1 heterocycles. The van der Waals surface area contributed by atoms with Gasteiger partial charge in [-0.1, -0.05) is 54.2 Å². The minimum Gasteiger partial charge on any atom is -0.451 e. The predicted octanol–water partition coefficient (Wildman–Crippen LogP) is 6.14. The maximum Gasteiger partial charge on any atom is 0.291 e. The first-order valence-electron chi connectivity index (χ1n) is 8.32. The van der Waals surface area contributed by atoms with E-state index >= 15 is 0 Å². The average Bonchev–Trinajstić information content (AvgIpc) is 3.07. The number of para-hydroxylation sites is 1. The molecule has 0 fully saturated rings. The number of anilines is 1. The van der Waals surface area contributed by atoms with E-state index in [1.165, 1.54) is 0 Å². The molecule has 0 radical (unpaired) electrons. The maximum atomic E-state index is 12.7. The molecule has 0 unspecified atom stereocenters. The Labute approximate surface area is 156 Å². The van der Waals surface area contributed by atoms with Gasteiger partial charge in [0.25, 0.3) is 5.91 Å². The first kappa shape index (κ1) is 16.5. The zero-order valence-corrected chi connectivity index (χ0v) is 15.0. The largest absolute Gasteiger partial charge is 0.451 e. The van der Waals surface area contributed by atoms with Crippen LogP contribution in [0.5, 0.6) is 0 Å². The van der Waals surface area contributed by atoms with Crippen molar-refractivity contribution in [1.82, 2.24) is 0 Å². The lowest BCUT2D eigenvalue weighted by molar-refractivity contribution is 0.0998. The van der Waals surface area contributed by atoms with Crippen LogP contribution in [0.1, 0.15) is 16.1 Å². The van der Waals surface area contributed by atoms with Gasteiger partial charge < -0.3 is 9.73 Å². The third-order valence-electron chi connectivity index (χ3n) is 4.01. The quantitative estimate of drug-likeness (QED) is 0.475. The van der Waals surface area contributed by atoms with E-state index in [2.05, 4.69) is 5.32 Å². The van der Waals surface area contributed by atoms with Crippen molar-refractivity contribution in [2.75, 3.05) is 5.32 Å². The number of carbonyl (C=O) groups is 1. The van der Waals surface area contributed by atoms with Crippen molar-refractivity contribution in [3.05, 3.63) is 90.2 Å². The van der Waals surface area contributed by atoms with Crippen LogP contribution in [0.3, 0.4) is 0 Å². The van der Waals surface area contributed by atoms with Crippen molar-refractivity contribution in [3.63, 3.8) is 0 Å². The van der Waals surface area contributed by atoms with Gasteiger partial charge in [-0.2, -0.15) is 0 Å². The van der Waals surface area contributed by atoms with Crippen LogP contribution in [-0.2, 0) is 0 Å². The Kier molecular flexibility index (Phi) is 4.50. The number of rotatable bonds is 4. The van der Waals surface area contributed by atoms with Crippen molar-refractivity contribution >= 4 is 34.3 Å². The molecule has 0 spiro atoms. The van der Waals surface area contributed by atoms with E-state index in [-0.39, 0.29) is 5.91 Å². The molecule has 0 saturated carbocycles. The Balaban J connectivity index is 1.59. The van der Waals surface area contributed by atoms with Gasteiger partial charge in [-0.3, -0.25) is 4.79 Å². The highest BCUT2D eigenvalue weighted by atomic mass is 32.2. The van der Waals surface area contributed by atoms with E-state index in [0.29, 0.717) is 5.76 Å². The van der Waals surface area contributed by atoms with Crippen LogP contribution in [0.15, 0.2) is 93.1 Å². The van der Waals surface area contributed by atoms with Crippen molar-refractivity contribution in [1.29, 1.82) is 0 Å². The molecule has 4 heteroatoms. The summed E-state index contributed by atoms with van der Waals surface area (Å²) in [4.78, 5) is 14.8. The number of carbonyl (C=O) groups excluding carboxylic acids is 1. The van der Waals surface area contributed by atoms with Gasteiger partial charge in [0.05, 0.1) is 5.69 Å². The zero-order valence-electron chi connectivity index (χ0n) is 14.2. The monoisotopic (exact) mass is 359 g/mol. The molecule has 1 aromatic heterocycles. The zero-order chi connectivity index (χ0) is 17.9. The van der Waals surface area contributed by atoms with E-state index in [1.807, 2.05) is 79.7 Å². The van der Waals surface area contributed by atoms with Crippen LogP contribution < -0.4 is 5.32 Å². The highest BCUT2D eigenvalue weighted by Gasteiger charge is 2.14. The molecule has 0 saturated heterocycles. The molecular weight excluding hydrogens is 342 g/mol. The number of hydrogen-bond donors (Lipinski definition) is 1. The second-order valence-corrected chi connectivity index (χ2v) is 7.13. The van der Waals surface area contributed by atoms with E-state index in [1.54, 1.807) is 17.8 Å². The molecule has 0 aliphatic heterocycles. The summed E-state index contributed by atoms with van der Waals surface area (Å²) in [7, 11) is 0. The number of aryl methyl sites for hydroxylation is 1. The van der Waals surface area contributed by atoms with Gasteiger partial charge in [0.1, 0.15) is 5.58 Å². The topological polar surface area (TPSA) is 42.2 Å². The summed E-state index contributed by atoms with van der Waals surface area (Å²) in [5, 5.41) is 3.89. The lowest BCUT2D eigenvalue weighted by Gasteiger charge is -2.09. The highest BCUT2D eigenvalue weighted by molar-refractivity contribution is 7.99. The van der Waals surface area contributed by atoms with Crippen LogP contribution in [0.4, 0.5) is 5.69 Å². The fourth-order valence-electron chi connectivity index (χ4n) is 2.71. The summed E-state index contributed by atoms with van der Waals surface area (Å²) in [6.45, 7) is 2.00. The first-order valence-corrected chi connectivity index (χ1v) is 9.14. The first-order chi connectivity index (χ1) is 12.7. The molecule has 1 amide bonds. The standard InChI is InChI=1S/C22H17NO2S/c1-15-11-12-16-14-20(25-19(16)13-15)22(24)23-18-9-5-6-10-21(18)26-17-7-3-2-4-8-17/h2-14H,1H3,(H,23,24). The lowest BCUT2D eigenvalue weighted by atomic mass is 10.2. The minimum absolute atomic E-state index is 0.250. The van der Waals surface area contributed by atoms with E-state index < -0.39 is 0 Å². The van der Waals surface area contributed by atoms with Crippen LogP contribution >= 0.6 is 11.8 Å². The highest BCUT2D eigenvalue weighted by Crippen LogP contribution is 2.33. The third-order valence-corrected chi connectivity index (χ3v) is 5.09. The second kappa shape index (κ2) is 7.10. The summed E-state index contributed by atoms with van der Waals surface area (Å²) >= 11 is 1.61. The Morgan fingerprint density at radius 3 is 2.54 bits per heavy atom. The molecule has 1 N–H and O–H groups in total. The normalized spacial score (nSPS) is 10.8. The molecule has 0 aliphatic carbocycles. The summed E-state index contributed by atoms with van der Waals surface area (Å²) in [6.07, 6.45) is 0. The van der Waals surface area contributed by atoms with Crippen LogP contribution in [0, 0.1) is 6.92 Å². The van der Waals surface area contributed by atoms with E-state index in [0.717, 1.165) is 32.0 Å². The van der Waals surface area contributed by atoms with E-state index in [9.17, 15) is 4.79 Å². The second-order valence-electron chi connectivity index (χ2n) is 6.02. The summed E-state index contributed by atoms with van der Waals surface area (Å²) in [5.74, 6) is 0.0603.